The Hall–Kier alpha value is -6.05. The first-order valence-corrected chi connectivity index (χ1v) is 11.0. The van der Waals surface area contributed by atoms with E-state index in [0.717, 1.165) is 12.1 Å². The molecule has 1 aliphatic carbocycles. The third-order valence-electron chi connectivity index (χ3n) is 5.85. The lowest BCUT2D eigenvalue weighted by atomic mass is 10.0. The summed E-state index contributed by atoms with van der Waals surface area (Å²) in [6.07, 6.45) is 0. The zero-order valence-corrected chi connectivity index (χ0v) is 19.4. The second kappa shape index (κ2) is 9.44. The van der Waals surface area contributed by atoms with Crippen molar-refractivity contribution in [2.45, 2.75) is 0 Å². The molecule has 0 radical (unpaired) electrons. The largest absolute Gasteiger partial charge is 0.455 e. The summed E-state index contributed by atoms with van der Waals surface area (Å²) in [7, 11) is 0. The molecule has 0 spiro atoms. The summed E-state index contributed by atoms with van der Waals surface area (Å²) in [6, 6.07) is 18.4. The fourth-order valence-corrected chi connectivity index (χ4v) is 4.26. The number of hydrogen-bond acceptors (Lipinski definition) is 10. The number of para-hydroxylation sites is 3. The van der Waals surface area contributed by atoms with Gasteiger partial charge in [-0.05, 0) is 24.3 Å². The summed E-state index contributed by atoms with van der Waals surface area (Å²) in [6.45, 7) is 0. The molecule has 0 saturated carbocycles. The monoisotopic (exact) mass is 527 g/mol. The van der Waals surface area contributed by atoms with Crippen molar-refractivity contribution in [3.63, 3.8) is 0 Å². The van der Waals surface area contributed by atoms with Gasteiger partial charge in [-0.1, -0.05) is 30.3 Å². The van der Waals surface area contributed by atoms with E-state index in [1.165, 1.54) is 6.07 Å². The molecule has 4 aromatic rings. The number of nitro benzene ring substituents is 4. The van der Waals surface area contributed by atoms with Crippen molar-refractivity contribution in [1.82, 2.24) is 0 Å². The SMILES string of the molecule is O=[N+]([O-])c1cc2c(c([N+](=O)[O-])c1)-c1c(cc([N+](=O)[O-])cc1[N+](=O)[O-])C2=Nc1ccccc1Oc1ccccc1. The van der Waals surface area contributed by atoms with Crippen LogP contribution in [-0.4, -0.2) is 25.4 Å². The van der Waals surface area contributed by atoms with Crippen LogP contribution in [0.3, 0.4) is 0 Å². The van der Waals surface area contributed by atoms with Gasteiger partial charge < -0.3 is 4.74 Å². The van der Waals surface area contributed by atoms with Crippen LogP contribution >= 0.6 is 0 Å². The number of aliphatic imine (C=N–C) groups is 1. The van der Waals surface area contributed by atoms with Crippen molar-refractivity contribution < 1.29 is 24.4 Å². The van der Waals surface area contributed by atoms with Gasteiger partial charge in [-0.15, -0.1) is 0 Å². The maximum Gasteiger partial charge on any atom is 0.285 e. The van der Waals surface area contributed by atoms with Gasteiger partial charge in [0.25, 0.3) is 22.7 Å². The summed E-state index contributed by atoms with van der Waals surface area (Å²) in [5.41, 5.74) is -3.81. The van der Waals surface area contributed by atoms with Gasteiger partial charge >= 0.3 is 0 Å². The molecule has 0 aliphatic heterocycles. The lowest BCUT2D eigenvalue weighted by molar-refractivity contribution is -0.395. The maximum atomic E-state index is 12.0. The fraction of sp³-hybridized carbons (Fsp3) is 0. The van der Waals surface area contributed by atoms with Crippen LogP contribution in [-0.2, 0) is 0 Å². The van der Waals surface area contributed by atoms with E-state index in [9.17, 15) is 40.5 Å². The molecule has 14 nitrogen and oxygen atoms in total. The second-order valence-electron chi connectivity index (χ2n) is 8.15. The molecule has 0 N–H and O–H groups in total. The van der Waals surface area contributed by atoms with Gasteiger partial charge in [-0.3, -0.25) is 40.5 Å². The number of rotatable bonds is 7. The predicted octanol–water partition coefficient (Wildman–Crippen LogP) is 6.26. The summed E-state index contributed by atoms with van der Waals surface area (Å²) in [5.74, 6) is 0.681. The molecule has 0 atom stereocenters. The summed E-state index contributed by atoms with van der Waals surface area (Å²) in [5, 5.41) is 47.2. The molecule has 39 heavy (non-hydrogen) atoms. The highest BCUT2D eigenvalue weighted by Gasteiger charge is 2.41. The molecule has 4 aromatic carbocycles. The van der Waals surface area contributed by atoms with Crippen LogP contribution in [0.1, 0.15) is 11.1 Å². The van der Waals surface area contributed by atoms with E-state index in [2.05, 4.69) is 4.99 Å². The normalized spacial score (nSPS) is 11.3. The molecule has 5 rings (SSSR count). The molecule has 0 saturated heterocycles. The Labute approximate surface area is 217 Å². The summed E-state index contributed by atoms with van der Waals surface area (Å²) < 4.78 is 5.90. The predicted molar refractivity (Wildman–Crippen MR) is 137 cm³/mol. The summed E-state index contributed by atoms with van der Waals surface area (Å²) >= 11 is 0. The number of nitro groups is 4. The average molecular weight is 527 g/mol. The highest BCUT2D eigenvalue weighted by atomic mass is 16.6. The first kappa shape index (κ1) is 24.6. The molecular weight excluding hydrogens is 514 g/mol. The minimum atomic E-state index is -0.907. The maximum absolute atomic E-state index is 12.0. The van der Waals surface area contributed by atoms with Gasteiger partial charge in [-0.2, -0.15) is 0 Å². The quantitative estimate of drug-likeness (QED) is 0.173. The zero-order valence-electron chi connectivity index (χ0n) is 19.4. The molecule has 1 aliphatic rings. The van der Waals surface area contributed by atoms with Gasteiger partial charge in [0.2, 0.25) is 0 Å². The van der Waals surface area contributed by atoms with Crippen LogP contribution < -0.4 is 4.74 Å². The molecule has 0 aromatic heterocycles. The van der Waals surface area contributed by atoms with E-state index in [1.54, 1.807) is 48.5 Å². The molecule has 0 fully saturated rings. The first-order chi connectivity index (χ1) is 18.7. The Balaban J connectivity index is 1.86. The van der Waals surface area contributed by atoms with Crippen molar-refractivity contribution >= 4 is 34.1 Å². The van der Waals surface area contributed by atoms with E-state index >= 15 is 0 Å². The van der Waals surface area contributed by atoms with Crippen molar-refractivity contribution in [2.75, 3.05) is 0 Å². The first-order valence-electron chi connectivity index (χ1n) is 11.0. The van der Waals surface area contributed by atoms with E-state index in [0.29, 0.717) is 17.9 Å². The van der Waals surface area contributed by atoms with E-state index in [4.69, 9.17) is 4.74 Å². The Kier molecular flexibility index (Phi) is 5.96. The smallest absolute Gasteiger partial charge is 0.285 e. The fourth-order valence-electron chi connectivity index (χ4n) is 4.26. The number of benzene rings is 4. The lowest BCUT2D eigenvalue weighted by Crippen LogP contribution is -2.02. The van der Waals surface area contributed by atoms with Gasteiger partial charge in [0.1, 0.15) is 11.4 Å². The Bertz CT molecular complexity index is 1670. The highest BCUT2D eigenvalue weighted by Crippen LogP contribution is 2.51. The topological polar surface area (TPSA) is 194 Å². The third kappa shape index (κ3) is 4.37. The number of fused-ring (bicyclic) bond motifs is 3. The van der Waals surface area contributed by atoms with Gasteiger partial charge in [0.15, 0.2) is 5.75 Å². The van der Waals surface area contributed by atoms with Crippen LogP contribution in [0.15, 0.2) is 83.9 Å². The van der Waals surface area contributed by atoms with Crippen LogP contribution in [0.25, 0.3) is 11.1 Å². The highest BCUT2D eigenvalue weighted by molar-refractivity contribution is 6.28. The van der Waals surface area contributed by atoms with Crippen molar-refractivity contribution in [2.24, 2.45) is 4.99 Å². The Morgan fingerprint density at radius 1 is 0.590 bits per heavy atom. The van der Waals surface area contributed by atoms with Crippen molar-refractivity contribution in [3.05, 3.63) is 130 Å². The number of non-ortho nitro benzene ring substituents is 2. The van der Waals surface area contributed by atoms with Crippen molar-refractivity contribution in [3.8, 4) is 22.6 Å². The van der Waals surface area contributed by atoms with E-state index < -0.39 is 42.4 Å². The third-order valence-corrected chi connectivity index (χ3v) is 5.85. The zero-order chi connectivity index (χ0) is 27.8. The Morgan fingerprint density at radius 3 is 1.56 bits per heavy atom. The molecule has 192 valence electrons. The van der Waals surface area contributed by atoms with Crippen LogP contribution in [0.2, 0.25) is 0 Å². The lowest BCUT2D eigenvalue weighted by Gasteiger charge is -2.09. The van der Waals surface area contributed by atoms with Crippen LogP contribution in [0.4, 0.5) is 28.4 Å². The molecule has 0 heterocycles. The molecule has 14 heteroatoms. The average Bonchev–Trinajstić information content (AvgIpc) is 3.22. The number of nitrogens with zero attached hydrogens (tertiary/aromatic N) is 5. The van der Waals surface area contributed by atoms with E-state index in [-0.39, 0.29) is 39.4 Å². The van der Waals surface area contributed by atoms with Gasteiger partial charge in [0, 0.05) is 23.3 Å². The standard InChI is InChI=1S/C25H13N5O9/c31-27(32)14-10-17-23(20(12-14)29(35)36)24-18(11-15(28(33)34)13-21(24)30(37)38)25(17)26-19-8-4-5-9-22(19)39-16-6-2-1-3-7-16/h1-13H. The summed E-state index contributed by atoms with van der Waals surface area (Å²) in [4.78, 5) is 48.2. The number of ether oxygens (including phenoxy) is 1. The van der Waals surface area contributed by atoms with Gasteiger partial charge in [-0.25, -0.2) is 4.99 Å². The van der Waals surface area contributed by atoms with Crippen molar-refractivity contribution in [1.29, 1.82) is 0 Å². The van der Waals surface area contributed by atoms with Crippen LogP contribution in [0, 0.1) is 40.5 Å². The minimum Gasteiger partial charge on any atom is -0.455 e. The number of hydrogen-bond donors (Lipinski definition) is 0. The second-order valence-corrected chi connectivity index (χ2v) is 8.15. The van der Waals surface area contributed by atoms with Gasteiger partial charge in [0.05, 0.1) is 48.7 Å². The molecule has 0 amide bonds. The van der Waals surface area contributed by atoms with Crippen LogP contribution in [0.5, 0.6) is 11.5 Å². The Morgan fingerprint density at radius 2 is 1.08 bits per heavy atom. The minimum absolute atomic E-state index is 0.163. The molecule has 0 bridgehead atoms. The van der Waals surface area contributed by atoms with E-state index in [1.807, 2.05) is 0 Å². The molecule has 0 unspecified atom stereocenters. The molecular formula is C25H13N5O9.